The lowest BCUT2D eigenvalue weighted by Crippen LogP contribution is -2.39. The van der Waals surface area contributed by atoms with E-state index in [0.29, 0.717) is 38.4 Å². The van der Waals surface area contributed by atoms with E-state index in [1.807, 2.05) is 29.3 Å². The molecule has 9 heteroatoms. The molecule has 0 unspecified atom stereocenters. The zero-order chi connectivity index (χ0) is 21.6. The van der Waals surface area contributed by atoms with Gasteiger partial charge in [-0.05, 0) is 30.9 Å². The minimum absolute atomic E-state index is 0.144. The Balaban J connectivity index is 1.26. The summed E-state index contributed by atoms with van der Waals surface area (Å²) in [6.45, 7) is 2.26. The summed E-state index contributed by atoms with van der Waals surface area (Å²) in [5, 5.41) is 12.0. The molecule has 31 heavy (non-hydrogen) atoms. The highest BCUT2D eigenvalue weighted by Crippen LogP contribution is 2.23. The number of hydrogen-bond donors (Lipinski definition) is 2. The Kier molecular flexibility index (Phi) is 6.61. The summed E-state index contributed by atoms with van der Waals surface area (Å²) in [6.07, 6.45) is 6.51. The molecule has 9 nitrogen and oxygen atoms in total. The monoisotopic (exact) mass is 424 g/mol. The van der Waals surface area contributed by atoms with Crippen molar-refractivity contribution >= 4 is 22.7 Å². The number of carbonyl (C=O) groups excluding carboxylic acids is 2. The Hall–Kier alpha value is -3.20. The predicted octanol–water partition coefficient (Wildman–Crippen LogP) is 1.93. The van der Waals surface area contributed by atoms with Gasteiger partial charge in [0.05, 0.1) is 18.8 Å². The number of carbonyl (C=O) groups is 2. The zero-order valence-electron chi connectivity index (χ0n) is 17.7. The standard InChI is InChI=1S/C22H28N6O3/c1-31-13-10-23-22(30)20-15-28(26-25-20)17-8-11-27(12-9-17)21(29)7-6-16-14-24-19-5-3-2-4-18(16)19/h2-5,14-15,17,24H,6-13H2,1H3,(H,23,30). The molecule has 2 N–H and O–H groups in total. The van der Waals surface area contributed by atoms with Crippen LogP contribution in [0.15, 0.2) is 36.7 Å². The number of ether oxygens (including phenoxy) is 1. The number of para-hydroxylation sites is 1. The van der Waals surface area contributed by atoms with Gasteiger partial charge in [-0.1, -0.05) is 23.4 Å². The van der Waals surface area contributed by atoms with Crippen LogP contribution < -0.4 is 5.32 Å². The van der Waals surface area contributed by atoms with E-state index in [0.717, 1.165) is 24.8 Å². The number of aromatic amines is 1. The van der Waals surface area contributed by atoms with E-state index in [9.17, 15) is 9.59 Å². The molecule has 4 rings (SSSR count). The first-order valence-corrected chi connectivity index (χ1v) is 10.7. The first kappa shape index (κ1) is 21.0. The molecular weight excluding hydrogens is 396 g/mol. The predicted molar refractivity (Wildman–Crippen MR) is 116 cm³/mol. The molecule has 0 atom stereocenters. The normalized spacial score (nSPS) is 14.8. The van der Waals surface area contributed by atoms with E-state index in [2.05, 4.69) is 26.7 Å². The summed E-state index contributed by atoms with van der Waals surface area (Å²) >= 11 is 0. The van der Waals surface area contributed by atoms with Gasteiger partial charge in [0.2, 0.25) is 5.91 Å². The minimum atomic E-state index is -0.256. The topological polar surface area (TPSA) is 105 Å². The molecular formula is C22H28N6O3. The van der Waals surface area contributed by atoms with Crippen LogP contribution in [0.25, 0.3) is 10.9 Å². The molecule has 1 aliphatic rings. The molecule has 3 aromatic rings. The summed E-state index contributed by atoms with van der Waals surface area (Å²) in [5.41, 5.74) is 2.58. The van der Waals surface area contributed by atoms with Crippen LogP contribution in [0.4, 0.5) is 0 Å². The highest BCUT2D eigenvalue weighted by atomic mass is 16.5. The number of rotatable bonds is 8. The number of likely N-dealkylation sites (tertiary alicyclic amines) is 1. The van der Waals surface area contributed by atoms with Crippen LogP contribution in [0.3, 0.4) is 0 Å². The maximum atomic E-state index is 12.7. The second-order valence-corrected chi connectivity index (χ2v) is 7.80. The molecule has 1 fully saturated rings. The van der Waals surface area contributed by atoms with Crippen LogP contribution in [0.2, 0.25) is 0 Å². The summed E-state index contributed by atoms with van der Waals surface area (Å²) in [4.78, 5) is 30.0. The third-order valence-corrected chi connectivity index (χ3v) is 5.81. The van der Waals surface area contributed by atoms with Crippen molar-refractivity contribution in [2.45, 2.75) is 31.7 Å². The van der Waals surface area contributed by atoms with Crippen molar-refractivity contribution in [3.63, 3.8) is 0 Å². The molecule has 1 aromatic carbocycles. The molecule has 1 aliphatic heterocycles. The average Bonchev–Trinajstić information content (AvgIpc) is 3.45. The highest BCUT2D eigenvalue weighted by Gasteiger charge is 2.25. The SMILES string of the molecule is COCCNC(=O)c1cn(C2CCN(C(=O)CCc3c[nH]c4ccccc34)CC2)nn1. The first-order valence-electron chi connectivity index (χ1n) is 10.7. The molecule has 2 amide bonds. The van der Waals surface area contributed by atoms with Gasteiger partial charge in [0.15, 0.2) is 5.69 Å². The fourth-order valence-corrected chi connectivity index (χ4v) is 4.03. The van der Waals surface area contributed by atoms with Gasteiger partial charge in [-0.3, -0.25) is 9.59 Å². The van der Waals surface area contributed by atoms with Crippen molar-refractivity contribution in [3.8, 4) is 0 Å². The average molecular weight is 425 g/mol. The van der Waals surface area contributed by atoms with E-state index in [1.165, 1.54) is 10.9 Å². The molecule has 0 bridgehead atoms. The highest BCUT2D eigenvalue weighted by molar-refractivity contribution is 5.91. The molecule has 1 saturated heterocycles. The lowest BCUT2D eigenvalue weighted by atomic mass is 10.0. The van der Waals surface area contributed by atoms with Gasteiger partial charge in [-0.2, -0.15) is 0 Å². The smallest absolute Gasteiger partial charge is 0.273 e. The first-order chi connectivity index (χ1) is 15.2. The van der Waals surface area contributed by atoms with Crippen molar-refractivity contribution in [1.29, 1.82) is 0 Å². The van der Waals surface area contributed by atoms with E-state index in [-0.39, 0.29) is 17.9 Å². The maximum absolute atomic E-state index is 12.7. The van der Waals surface area contributed by atoms with Crippen LogP contribution in [0.5, 0.6) is 0 Å². The molecule has 2 aromatic heterocycles. The lowest BCUT2D eigenvalue weighted by Gasteiger charge is -2.32. The summed E-state index contributed by atoms with van der Waals surface area (Å²) in [5.74, 6) is -0.0753. The van der Waals surface area contributed by atoms with Crippen molar-refractivity contribution < 1.29 is 14.3 Å². The van der Waals surface area contributed by atoms with Gasteiger partial charge in [-0.25, -0.2) is 4.68 Å². The van der Waals surface area contributed by atoms with E-state index in [4.69, 9.17) is 4.74 Å². The summed E-state index contributed by atoms with van der Waals surface area (Å²) in [6, 6.07) is 8.30. The van der Waals surface area contributed by atoms with Gasteiger partial charge in [-0.15, -0.1) is 5.10 Å². The second-order valence-electron chi connectivity index (χ2n) is 7.80. The van der Waals surface area contributed by atoms with Gasteiger partial charge in [0.1, 0.15) is 0 Å². The van der Waals surface area contributed by atoms with Crippen molar-refractivity contribution in [2.75, 3.05) is 33.4 Å². The molecule has 0 saturated carbocycles. The molecule has 3 heterocycles. The Morgan fingerprint density at radius 2 is 2.06 bits per heavy atom. The number of amides is 2. The van der Waals surface area contributed by atoms with Gasteiger partial charge in [0, 0.05) is 50.3 Å². The third kappa shape index (κ3) is 4.93. The van der Waals surface area contributed by atoms with Crippen molar-refractivity contribution in [3.05, 3.63) is 47.9 Å². The molecule has 0 radical (unpaired) electrons. The number of hydrogen-bond acceptors (Lipinski definition) is 5. The summed E-state index contributed by atoms with van der Waals surface area (Å²) < 4.78 is 6.67. The number of benzene rings is 1. The number of nitrogens with zero attached hydrogens (tertiary/aromatic N) is 4. The largest absolute Gasteiger partial charge is 0.383 e. The molecule has 164 valence electrons. The number of piperidine rings is 1. The second kappa shape index (κ2) is 9.74. The van der Waals surface area contributed by atoms with Crippen molar-refractivity contribution in [2.24, 2.45) is 0 Å². The fourth-order valence-electron chi connectivity index (χ4n) is 4.03. The quantitative estimate of drug-likeness (QED) is 0.538. The Morgan fingerprint density at radius 1 is 1.26 bits per heavy atom. The Morgan fingerprint density at radius 3 is 2.87 bits per heavy atom. The number of fused-ring (bicyclic) bond motifs is 1. The van der Waals surface area contributed by atoms with Crippen LogP contribution in [0, 0.1) is 0 Å². The van der Waals surface area contributed by atoms with Crippen LogP contribution in [-0.2, 0) is 16.0 Å². The van der Waals surface area contributed by atoms with Gasteiger partial charge < -0.3 is 19.9 Å². The third-order valence-electron chi connectivity index (χ3n) is 5.81. The molecule has 0 aliphatic carbocycles. The number of aromatic nitrogens is 4. The van der Waals surface area contributed by atoms with Crippen molar-refractivity contribution in [1.82, 2.24) is 30.2 Å². The van der Waals surface area contributed by atoms with Gasteiger partial charge >= 0.3 is 0 Å². The Bertz CT molecular complexity index is 1030. The van der Waals surface area contributed by atoms with Crippen LogP contribution >= 0.6 is 0 Å². The van der Waals surface area contributed by atoms with Gasteiger partial charge in [0.25, 0.3) is 5.91 Å². The van der Waals surface area contributed by atoms with E-state index < -0.39 is 0 Å². The zero-order valence-corrected chi connectivity index (χ0v) is 17.7. The summed E-state index contributed by atoms with van der Waals surface area (Å²) in [7, 11) is 1.59. The number of H-pyrrole nitrogens is 1. The fraction of sp³-hybridized carbons (Fsp3) is 0.455. The van der Waals surface area contributed by atoms with E-state index >= 15 is 0 Å². The van der Waals surface area contributed by atoms with Crippen LogP contribution in [0.1, 0.15) is 41.4 Å². The molecule has 0 spiro atoms. The Labute approximate surface area is 180 Å². The number of nitrogens with one attached hydrogen (secondary N) is 2. The number of aryl methyl sites for hydroxylation is 1. The minimum Gasteiger partial charge on any atom is -0.383 e. The maximum Gasteiger partial charge on any atom is 0.273 e. The van der Waals surface area contributed by atoms with Crippen LogP contribution in [-0.4, -0.2) is 70.0 Å². The van der Waals surface area contributed by atoms with E-state index in [1.54, 1.807) is 18.0 Å². The lowest BCUT2D eigenvalue weighted by molar-refractivity contribution is -0.132. The number of methoxy groups -OCH3 is 1.